The number of esters is 1. The number of piperidine rings is 1. The van der Waals surface area contributed by atoms with E-state index in [0.717, 1.165) is 24.0 Å². The second-order valence-corrected chi connectivity index (χ2v) is 6.24. The van der Waals surface area contributed by atoms with Crippen molar-refractivity contribution >= 4 is 5.97 Å². The maximum absolute atomic E-state index is 12.1. The minimum Gasteiger partial charge on any atom is -0.462 e. The molecule has 2 fully saturated rings. The topological polar surface area (TPSA) is 49.8 Å². The van der Waals surface area contributed by atoms with Crippen LogP contribution in [0.15, 0.2) is 24.3 Å². The molecule has 2 atom stereocenters. The number of rotatable bonds is 4. The predicted molar refractivity (Wildman–Crippen MR) is 79.8 cm³/mol. The Bertz CT molecular complexity index is 503. The second-order valence-electron chi connectivity index (χ2n) is 6.24. The quantitative estimate of drug-likeness (QED) is 0.860. The molecule has 2 bridgehead atoms. The molecule has 114 valence electrons. The van der Waals surface area contributed by atoms with Crippen molar-refractivity contribution in [1.29, 1.82) is 0 Å². The van der Waals surface area contributed by atoms with Gasteiger partial charge in [-0.3, -0.25) is 4.79 Å². The van der Waals surface area contributed by atoms with Crippen LogP contribution in [-0.4, -0.2) is 41.2 Å². The molecule has 3 rings (SSSR count). The SMILES string of the molecule is CN1C2CCC1CC(OC(=O)Cc1ccccc1CO)C2. The molecule has 1 aromatic rings. The Morgan fingerprint density at radius 3 is 2.48 bits per heavy atom. The zero-order chi connectivity index (χ0) is 14.8. The van der Waals surface area contributed by atoms with Gasteiger partial charge < -0.3 is 14.7 Å². The highest BCUT2D eigenvalue weighted by Gasteiger charge is 2.39. The Morgan fingerprint density at radius 2 is 1.86 bits per heavy atom. The third-order valence-corrected chi connectivity index (χ3v) is 4.98. The molecule has 0 radical (unpaired) electrons. The number of carbonyl (C=O) groups is 1. The highest BCUT2D eigenvalue weighted by molar-refractivity contribution is 5.73. The van der Waals surface area contributed by atoms with E-state index in [1.807, 2.05) is 24.3 Å². The highest BCUT2D eigenvalue weighted by Crippen LogP contribution is 2.35. The van der Waals surface area contributed by atoms with E-state index in [1.165, 1.54) is 12.8 Å². The van der Waals surface area contributed by atoms with E-state index in [-0.39, 0.29) is 25.1 Å². The largest absolute Gasteiger partial charge is 0.462 e. The van der Waals surface area contributed by atoms with Crippen LogP contribution in [0, 0.1) is 0 Å². The summed E-state index contributed by atoms with van der Waals surface area (Å²) in [4.78, 5) is 14.6. The zero-order valence-corrected chi connectivity index (χ0v) is 12.5. The molecule has 2 heterocycles. The van der Waals surface area contributed by atoms with Gasteiger partial charge in [0.2, 0.25) is 0 Å². The molecule has 2 unspecified atom stereocenters. The lowest BCUT2D eigenvalue weighted by atomic mass is 10.0. The predicted octanol–water partition coefficient (Wildman–Crippen LogP) is 1.89. The van der Waals surface area contributed by atoms with Crippen LogP contribution in [0.25, 0.3) is 0 Å². The summed E-state index contributed by atoms with van der Waals surface area (Å²) < 4.78 is 5.68. The minimum absolute atomic E-state index is 0.0399. The first-order chi connectivity index (χ1) is 10.2. The Balaban J connectivity index is 1.57. The summed E-state index contributed by atoms with van der Waals surface area (Å²) in [7, 11) is 2.18. The van der Waals surface area contributed by atoms with E-state index >= 15 is 0 Å². The van der Waals surface area contributed by atoms with Gasteiger partial charge in [0.15, 0.2) is 0 Å². The fourth-order valence-corrected chi connectivity index (χ4v) is 3.73. The maximum atomic E-state index is 12.1. The highest BCUT2D eigenvalue weighted by atomic mass is 16.5. The van der Waals surface area contributed by atoms with E-state index in [0.29, 0.717) is 12.1 Å². The monoisotopic (exact) mass is 289 g/mol. The maximum Gasteiger partial charge on any atom is 0.310 e. The average molecular weight is 289 g/mol. The molecule has 4 nitrogen and oxygen atoms in total. The van der Waals surface area contributed by atoms with Gasteiger partial charge >= 0.3 is 5.97 Å². The second kappa shape index (κ2) is 6.16. The summed E-state index contributed by atoms with van der Waals surface area (Å²) in [5.74, 6) is -0.176. The Morgan fingerprint density at radius 1 is 1.24 bits per heavy atom. The molecule has 1 N–H and O–H groups in total. The van der Waals surface area contributed by atoms with E-state index in [1.54, 1.807) is 0 Å². The summed E-state index contributed by atoms with van der Waals surface area (Å²) in [6.07, 6.45) is 4.68. The van der Waals surface area contributed by atoms with Crippen LogP contribution in [-0.2, 0) is 22.6 Å². The van der Waals surface area contributed by atoms with Gasteiger partial charge in [-0.25, -0.2) is 0 Å². The van der Waals surface area contributed by atoms with E-state index in [4.69, 9.17) is 4.74 Å². The van der Waals surface area contributed by atoms with Crippen LogP contribution in [0.5, 0.6) is 0 Å². The molecule has 2 aliphatic heterocycles. The lowest BCUT2D eigenvalue weighted by molar-refractivity contribution is -0.151. The summed E-state index contributed by atoms with van der Waals surface area (Å²) in [6, 6.07) is 8.63. The Kier molecular flexibility index (Phi) is 4.27. The van der Waals surface area contributed by atoms with Crippen LogP contribution in [0.2, 0.25) is 0 Å². The fraction of sp³-hybridized carbons (Fsp3) is 0.588. The minimum atomic E-state index is -0.176. The molecule has 1 aromatic carbocycles. The van der Waals surface area contributed by atoms with Crippen molar-refractivity contribution in [3.05, 3.63) is 35.4 Å². The van der Waals surface area contributed by atoms with E-state index in [9.17, 15) is 9.90 Å². The van der Waals surface area contributed by atoms with Gasteiger partial charge in [-0.05, 0) is 43.9 Å². The van der Waals surface area contributed by atoms with Crippen LogP contribution >= 0.6 is 0 Å². The average Bonchev–Trinajstić information content (AvgIpc) is 2.70. The molecule has 0 aliphatic carbocycles. The van der Waals surface area contributed by atoms with Crippen molar-refractivity contribution in [1.82, 2.24) is 4.90 Å². The summed E-state index contributed by atoms with van der Waals surface area (Å²) in [6.45, 7) is -0.0399. The molecule has 2 saturated heterocycles. The van der Waals surface area contributed by atoms with Gasteiger partial charge in [-0.2, -0.15) is 0 Å². The van der Waals surface area contributed by atoms with Crippen molar-refractivity contribution < 1.29 is 14.6 Å². The smallest absolute Gasteiger partial charge is 0.310 e. The Labute approximate surface area is 125 Å². The molecule has 0 saturated carbocycles. The van der Waals surface area contributed by atoms with Gasteiger partial charge in [0.25, 0.3) is 0 Å². The summed E-state index contributed by atoms with van der Waals surface area (Å²) in [5.41, 5.74) is 1.67. The number of benzene rings is 1. The van der Waals surface area contributed by atoms with Gasteiger partial charge in [0.05, 0.1) is 13.0 Å². The van der Waals surface area contributed by atoms with Gasteiger partial charge in [0, 0.05) is 12.1 Å². The first-order valence-electron chi connectivity index (χ1n) is 7.76. The number of ether oxygens (including phenoxy) is 1. The first kappa shape index (κ1) is 14.5. The number of carbonyl (C=O) groups excluding carboxylic acids is 1. The standard InChI is InChI=1S/C17H23NO3/c1-18-14-6-7-15(18)10-16(9-14)21-17(20)8-12-4-2-3-5-13(12)11-19/h2-5,14-16,19H,6-11H2,1H3. The molecule has 2 aliphatic rings. The fourth-order valence-electron chi connectivity index (χ4n) is 3.73. The number of aliphatic hydroxyl groups excluding tert-OH is 1. The van der Waals surface area contributed by atoms with Gasteiger partial charge in [0.1, 0.15) is 6.10 Å². The molecule has 21 heavy (non-hydrogen) atoms. The van der Waals surface area contributed by atoms with E-state index in [2.05, 4.69) is 11.9 Å². The van der Waals surface area contributed by atoms with Crippen LogP contribution < -0.4 is 0 Å². The normalized spacial score (nSPS) is 28.6. The third kappa shape index (κ3) is 3.11. The first-order valence-corrected chi connectivity index (χ1v) is 7.76. The Hall–Kier alpha value is -1.39. The van der Waals surface area contributed by atoms with E-state index < -0.39 is 0 Å². The molecular weight excluding hydrogens is 266 g/mol. The summed E-state index contributed by atoms with van der Waals surface area (Å²) in [5, 5.41) is 9.30. The number of hydrogen-bond acceptors (Lipinski definition) is 4. The number of aliphatic hydroxyl groups is 1. The van der Waals surface area contributed by atoms with Crippen molar-refractivity contribution in [3.63, 3.8) is 0 Å². The third-order valence-electron chi connectivity index (χ3n) is 4.98. The van der Waals surface area contributed by atoms with Crippen LogP contribution in [0.3, 0.4) is 0 Å². The van der Waals surface area contributed by atoms with Crippen LogP contribution in [0.4, 0.5) is 0 Å². The number of hydrogen-bond donors (Lipinski definition) is 1. The van der Waals surface area contributed by atoms with Gasteiger partial charge in [-0.1, -0.05) is 24.3 Å². The molecule has 0 aromatic heterocycles. The lowest BCUT2D eigenvalue weighted by Crippen LogP contribution is -2.43. The number of nitrogens with zero attached hydrogens (tertiary/aromatic N) is 1. The summed E-state index contributed by atoms with van der Waals surface area (Å²) >= 11 is 0. The molecule has 4 heteroatoms. The number of fused-ring (bicyclic) bond motifs is 2. The molecular formula is C17H23NO3. The molecule has 0 amide bonds. The van der Waals surface area contributed by atoms with Crippen molar-refractivity contribution in [3.8, 4) is 0 Å². The molecule has 0 spiro atoms. The van der Waals surface area contributed by atoms with Crippen LogP contribution in [0.1, 0.15) is 36.8 Å². The van der Waals surface area contributed by atoms with Gasteiger partial charge in [-0.15, -0.1) is 0 Å². The van der Waals surface area contributed by atoms with Crippen molar-refractivity contribution in [2.75, 3.05) is 7.05 Å². The van der Waals surface area contributed by atoms with Crippen molar-refractivity contribution in [2.24, 2.45) is 0 Å². The lowest BCUT2D eigenvalue weighted by Gasteiger charge is -2.35. The zero-order valence-electron chi connectivity index (χ0n) is 12.5. The van der Waals surface area contributed by atoms with Crippen molar-refractivity contribution in [2.45, 2.75) is 56.9 Å².